The molecule has 102 valence electrons. The summed E-state index contributed by atoms with van der Waals surface area (Å²) in [5.74, 6) is 0. The molecule has 3 heteroatoms. The van der Waals surface area contributed by atoms with Crippen LogP contribution in [0.25, 0.3) is 0 Å². The summed E-state index contributed by atoms with van der Waals surface area (Å²) in [6.45, 7) is 5.75. The summed E-state index contributed by atoms with van der Waals surface area (Å²) in [6, 6.07) is 1.48. The first-order chi connectivity index (χ1) is 8.15. The average Bonchev–Trinajstić information content (AvgIpc) is 2.29. The van der Waals surface area contributed by atoms with Crippen LogP contribution in [0.3, 0.4) is 0 Å². The van der Waals surface area contributed by atoms with Crippen LogP contribution in [0.4, 0.5) is 0 Å². The Bertz CT molecular complexity index is 192. The van der Waals surface area contributed by atoms with Crippen LogP contribution in [0.5, 0.6) is 0 Å². The van der Waals surface area contributed by atoms with Crippen molar-refractivity contribution in [1.29, 1.82) is 0 Å². The van der Waals surface area contributed by atoms with Gasteiger partial charge in [0.25, 0.3) is 0 Å². The number of hydrogen-bond donors (Lipinski definition) is 1. The maximum Gasteiger partial charge on any atom is 0.0246 e. The summed E-state index contributed by atoms with van der Waals surface area (Å²) < 4.78 is 0. The summed E-state index contributed by atoms with van der Waals surface area (Å²) in [7, 11) is 6.61. The van der Waals surface area contributed by atoms with Crippen LogP contribution in [0.1, 0.15) is 39.0 Å². The molecule has 0 bridgehead atoms. The minimum Gasteiger partial charge on any atom is -0.313 e. The minimum atomic E-state index is 0.720. The lowest BCUT2D eigenvalue weighted by atomic mass is 9.89. The molecule has 2 atom stereocenters. The van der Waals surface area contributed by atoms with Gasteiger partial charge in [-0.05, 0) is 60.0 Å². The van der Waals surface area contributed by atoms with Crippen LogP contribution in [-0.2, 0) is 0 Å². The van der Waals surface area contributed by atoms with Gasteiger partial charge in [0.15, 0.2) is 0 Å². The zero-order valence-corrected chi connectivity index (χ0v) is 12.2. The quantitative estimate of drug-likeness (QED) is 0.733. The fourth-order valence-corrected chi connectivity index (χ4v) is 2.94. The molecule has 1 fully saturated rings. The average molecular weight is 241 g/mol. The second-order valence-corrected chi connectivity index (χ2v) is 5.65. The van der Waals surface area contributed by atoms with Crippen LogP contribution in [0.15, 0.2) is 0 Å². The molecule has 0 aromatic rings. The highest BCUT2D eigenvalue weighted by Gasteiger charge is 2.27. The standard InChI is InChI=1S/C14H31N3/c1-5-15-13-9-6-7-10-14(13)17(4)12-8-11-16(2)3/h13-15H,5-12H2,1-4H3. The van der Waals surface area contributed by atoms with Gasteiger partial charge in [-0.25, -0.2) is 0 Å². The number of nitrogens with zero attached hydrogens (tertiary/aromatic N) is 2. The topological polar surface area (TPSA) is 18.5 Å². The normalized spacial score (nSPS) is 25.8. The van der Waals surface area contributed by atoms with Crippen molar-refractivity contribution in [3.05, 3.63) is 0 Å². The second-order valence-electron chi connectivity index (χ2n) is 5.65. The largest absolute Gasteiger partial charge is 0.313 e. The number of rotatable bonds is 7. The van der Waals surface area contributed by atoms with Crippen LogP contribution < -0.4 is 5.32 Å². The van der Waals surface area contributed by atoms with Crippen molar-refractivity contribution in [3.8, 4) is 0 Å². The zero-order valence-electron chi connectivity index (χ0n) is 12.2. The Morgan fingerprint density at radius 1 is 1.06 bits per heavy atom. The van der Waals surface area contributed by atoms with E-state index in [1.54, 1.807) is 0 Å². The van der Waals surface area contributed by atoms with Gasteiger partial charge in [-0.15, -0.1) is 0 Å². The van der Waals surface area contributed by atoms with Crippen molar-refractivity contribution in [2.75, 3.05) is 40.8 Å². The van der Waals surface area contributed by atoms with Gasteiger partial charge in [0.05, 0.1) is 0 Å². The van der Waals surface area contributed by atoms with E-state index in [1.165, 1.54) is 45.2 Å². The van der Waals surface area contributed by atoms with Crippen LogP contribution >= 0.6 is 0 Å². The van der Waals surface area contributed by atoms with Gasteiger partial charge in [-0.2, -0.15) is 0 Å². The Morgan fingerprint density at radius 2 is 1.76 bits per heavy atom. The fourth-order valence-electron chi connectivity index (χ4n) is 2.94. The number of nitrogens with one attached hydrogen (secondary N) is 1. The molecule has 1 N–H and O–H groups in total. The Kier molecular flexibility index (Phi) is 7.09. The van der Waals surface area contributed by atoms with Crippen molar-refractivity contribution >= 4 is 0 Å². The van der Waals surface area contributed by atoms with Crippen molar-refractivity contribution in [1.82, 2.24) is 15.1 Å². The maximum atomic E-state index is 3.66. The lowest BCUT2D eigenvalue weighted by Crippen LogP contribution is -2.50. The molecule has 0 aliphatic heterocycles. The van der Waals surface area contributed by atoms with E-state index in [2.05, 4.69) is 43.2 Å². The molecule has 0 aromatic carbocycles. The van der Waals surface area contributed by atoms with Crippen molar-refractivity contribution in [2.45, 2.75) is 51.1 Å². The summed E-state index contributed by atoms with van der Waals surface area (Å²) in [4.78, 5) is 4.85. The van der Waals surface area contributed by atoms with Crippen LogP contribution in [0, 0.1) is 0 Å². The van der Waals surface area contributed by atoms with Crippen LogP contribution in [0.2, 0.25) is 0 Å². The lowest BCUT2D eigenvalue weighted by Gasteiger charge is -2.38. The van der Waals surface area contributed by atoms with E-state index in [-0.39, 0.29) is 0 Å². The Balaban J connectivity index is 2.33. The van der Waals surface area contributed by atoms with Gasteiger partial charge in [0.1, 0.15) is 0 Å². The molecule has 17 heavy (non-hydrogen) atoms. The number of hydrogen-bond acceptors (Lipinski definition) is 3. The summed E-state index contributed by atoms with van der Waals surface area (Å²) in [5, 5.41) is 3.66. The first kappa shape index (κ1) is 14.9. The first-order valence-electron chi connectivity index (χ1n) is 7.23. The Labute approximate surface area is 108 Å². The monoisotopic (exact) mass is 241 g/mol. The smallest absolute Gasteiger partial charge is 0.0246 e. The van der Waals surface area contributed by atoms with Gasteiger partial charge in [-0.3, -0.25) is 0 Å². The molecule has 0 aromatic heterocycles. The number of likely N-dealkylation sites (N-methyl/N-ethyl adjacent to an activating group) is 2. The van der Waals surface area contributed by atoms with E-state index >= 15 is 0 Å². The lowest BCUT2D eigenvalue weighted by molar-refractivity contribution is 0.146. The SMILES string of the molecule is CCNC1CCCCC1N(C)CCCN(C)C. The molecular weight excluding hydrogens is 210 g/mol. The highest BCUT2D eigenvalue weighted by Crippen LogP contribution is 2.22. The first-order valence-corrected chi connectivity index (χ1v) is 7.23. The molecular formula is C14H31N3. The molecule has 3 nitrogen and oxygen atoms in total. The van der Waals surface area contributed by atoms with Crippen molar-refractivity contribution in [3.63, 3.8) is 0 Å². The predicted molar refractivity (Wildman–Crippen MR) is 75.5 cm³/mol. The third kappa shape index (κ3) is 5.36. The van der Waals surface area contributed by atoms with Gasteiger partial charge < -0.3 is 15.1 Å². The minimum absolute atomic E-state index is 0.720. The molecule has 0 radical (unpaired) electrons. The molecule has 0 spiro atoms. The van der Waals surface area contributed by atoms with Crippen LogP contribution in [-0.4, -0.2) is 62.7 Å². The Morgan fingerprint density at radius 3 is 2.41 bits per heavy atom. The molecule has 1 saturated carbocycles. The van der Waals surface area contributed by atoms with E-state index in [9.17, 15) is 0 Å². The van der Waals surface area contributed by atoms with Crippen molar-refractivity contribution in [2.24, 2.45) is 0 Å². The second kappa shape index (κ2) is 8.06. The molecule has 0 saturated heterocycles. The van der Waals surface area contributed by atoms with Gasteiger partial charge in [0.2, 0.25) is 0 Å². The molecule has 0 amide bonds. The molecule has 2 unspecified atom stereocenters. The Hall–Kier alpha value is -0.120. The molecule has 1 rings (SSSR count). The molecule has 1 aliphatic rings. The fraction of sp³-hybridized carbons (Fsp3) is 1.00. The van der Waals surface area contributed by atoms with Gasteiger partial charge in [0, 0.05) is 12.1 Å². The molecule has 0 heterocycles. The maximum absolute atomic E-state index is 3.66. The summed E-state index contributed by atoms with van der Waals surface area (Å²) >= 11 is 0. The summed E-state index contributed by atoms with van der Waals surface area (Å²) in [6.07, 6.45) is 6.82. The molecule has 1 aliphatic carbocycles. The third-order valence-corrected chi connectivity index (χ3v) is 3.88. The highest BCUT2D eigenvalue weighted by molar-refractivity contribution is 4.86. The highest BCUT2D eigenvalue weighted by atomic mass is 15.2. The van der Waals surface area contributed by atoms with Gasteiger partial charge >= 0.3 is 0 Å². The van der Waals surface area contributed by atoms with E-state index in [4.69, 9.17) is 0 Å². The van der Waals surface area contributed by atoms with E-state index in [0.717, 1.165) is 18.6 Å². The van der Waals surface area contributed by atoms with Crippen molar-refractivity contribution < 1.29 is 0 Å². The predicted octanol–water partition coefficient (Wildman–Crippen LogP) is 1.79. The van der Waals surface area contributed by atoms with E-state index in [0.29, 0.717) is 0 Å². The van der Waals surface area contributed by atoms with E-state index < -0.39 is 0 Å². The summed E-state index contributed by atoms with van der Waals surface area (Å²) in [5.41, 5.74) is 0. The third-order valence-electron chi connectivity index (χ3n) is 3.88. The zero-order chi connectivity index (χ0) is 12.7. The van der Waals surface area contributed by atoms with Gasteiger partial charge in [-0.1, -0.05) is 19.8 Å². The van der Waals surface area contributed by atoms with E-state index in [1.807, 2.05) is 0 Å².